The van der Waals surface area contributed by atoms with E-state index >= 15 is 0 Å². The Labute approximate surface area is 199 Å². The van der Waals surface area contributed by atoms with Gasteiger partial charge < -0.3 is 14.7 Å². The van der Waals surface area contributed by atoms with Gasteiger partial charge in [0.15, 0.2) is 0 Å². The highest BCUT2D eigenvalue weighted by atomic mass is 16.5. The maximum absolute atomic E-state index is 11.8. The van der Waals surface area contributed by atoms with E-state index in [1.54, 1.807) is 0 Å². The number of nitrogens with zero attached hydrogens (tertiary/aromatic N) is 3. The van der Waals surface area contributed by atoms with E-state index in [9.17, 15) is 9.90 Å². The van der Waals surface area contributed by atoms with Crippen LogP contribution in [0, 0.1) is 30.6 Å². The second-order valence-corrected chi connectivity index (χ2v) is 10.8. The highest BCUT2D eigenvalue weighted by Gasteiger charge is 2.52. The number of esters is 1. The van der Waals surface area contributed by atoms with Crippen molar-refractivity contribution in [3.05, 3.63) is 35.5 Å². The summed E-state index contributed by atoms with van der Waals surface area (Å²) in [4.78, 5) is 21.2. The summed E-state index contributed by atoms with van der Waals surface area (Å²) in [6.07, 6.45) is 4.61. The first-order chi connectivity index (χ1) is 15.7. The van der Waals surface area contributed by atoms with E-state index in [0.717, 1.165) is 62.7 Å². The Bertz CT molecular complexity index is 879. The number of anilines is 1. The minimum absolute atomic E-state index is 0.126. The van der Waals surface area contributed by atoms with Crippen LogP contribution in [0.1, 0.15) is 52.7 Å². The topological polar surface area (TPSA) is 65.9 Å². The third-order valence-corrected chi connectivity index (χ3v) is 8.44. The van der Waals surface area contributed by atoms with Crippen molar-refractivity contribution in [3.8, 4) is 0 Å². The fraction of sp³-hybridized carbons (Fsp3) is 0.704. The van der Waals surface area contributed by atoms with Gasteiger partial charge in [0.05, 0.1) is 5.60 Å². The molecule has 3 aliphatic rings. The van der Waals surface area contributed by atoms with Gasteiger partial charge in [0.2, 0.25) is 0 Å². The monoisotopic (exact) mass is 455 g/mol. The molecule has 6 atom stereocenters. The number of hydrogen-bond acceptors (Lipinski definition) is 6. The summed E-state index contributed by atoms with van der Waals surface area (Å²) in [5.41, 5.74) is 1.35. The van der Waals surface area contributed by atoms with E-state index in [2.05, 4.69) is 46.8 Å². The Morgan fingerprint density at radius 3 is 2.64 bits per heavy atom. The van der Waals surface area contributed by atoms with E-state index in [-0.39, 0.29) is 23.9 Å². The first kappa shape index (κ1) is 24.2. The van der Waals surface area contributed by atoms with Gasteiger partial charge in [-0.3, -0.25) is 9.69 Å². The average Bonchev–Trinajstić information content (AvgIpc) is 2.76. The number of ether oxygens (including phenoxy) is 1. The number of carbonyl (C=O) groups is 1. The molecule has 0 unspecified atom stereocenters. The van der Waals surface area contributed by atoms with E-state index in [4.69, 9.17) is 4.74 Å². The Hall–Kier alpha value is -1.92. The molecular formula is C27H41N3O3. The summed E-state index contributed by atoms with van der Waals surface area (Å²) in [5, 5.41) is 11.8. The van der Waals surface area contributed by atoms with Crippen LogP contribution in [0.25, 0.3) is 0 Å². The summed E-state index contributed by atoms with van der Waals surface area (Å²) in [7, 11) is 0. The molecule has 0 amide bonds. The number of rotatable bonds is 5. The van der Waals surface area contributed by atoms with Crippen molar-refractivity contribution in [1.82, 2.24) is 9.88 Å². The number of aryl methyl sites for hydroxylation is 1. The Morgan fingerprint density at radius 2 is 1.97 bits per heavy atom. The third-order valence-electron chi connectivity index (χ3n) is 8.44. The maximum atomic E-state index is 11.8. The lowest BCUT2D eigenvalue weighted by Gasteiger charge is -2.53. The van der Waals surface area contributed by atoms with E-state index in [1.165, 1.54) is 6.92 Å². The van der Waals surface area contributed by atoms with Crippen molar-refractivity contribution in [2.24, 2.45) is 23.7 Å². The summed E-state index contributed by atoms with van der Waals surface area (Å²) in [6, 6.07) is 6.24. The lowest BCUT2D eigenvalue weighted by atomic mass is 9.57. The molecule has 1 aliphatic heterocycles. The molecule has 1 saturated carbocycles. The molecule has 33 heavy (non-hydrogen) atoms. The highest BCUT2D eigenvalue weighted by Crippen LogP contribution is 2.51. The van der Waals surface area contributed by atoms with Gasteiger partial charge in [-0.2, -0.15) is 0 Å². The molecular weight excluding hydrogens is 414 g/mol. The van der Waals surface area contributed by atoms with Gasteiger partial charge in [0, 0.05) is 57.7 Å². The molecule has 4 rings (SSSR count). The number of hydrogen-bond donors (Lipinski definition) is 1. The molecule has 0 aromatic carbocycles. The molecule has 0 radical (unpaired) electrons. The molecule has 6 nitrogen and oxygen atoms in total. The van der Waals surface area contributed by atoms with Gasteiger partial charge in [0.1, 0.15) is 11.9 Å². The predicted octanol–water partition coefficient (Wildman–Crippen LogP) is 3.82. The largest absolute Gasteiger partial charge is 0.458 e. The van der Waals surface area contributed by atoms with Gasteiger partial charge in [0.25, 0.3) is 0 Å². The fourth-order valence-corrected chi connectivity index (χ4v) is 6.41. The predicted molar refractivity (Wildman–Crippen MR) is 131 cm³/mol. The van der Waals surface area contributed by atoms with Gasteiger partial charge in [-0.1, -0.05) is 26.0 Å². The van der Waals surface area contributed by atoms with Crippen LogP contribution in [0.15, 0.2) is 29.8 Å². The number of aromatic nitrogens is 1. The zero-order chi connectivity index (χ0) is 23.8. The SMILES string of the molecule is CC(=O)O[C@@H]1C[C@@]2(O)[C@H](C)CC[C@@H]([C@H](C)CN3CCN(c4cccc(C)n4)CC3)[C@H]2C=C1C. The normalized spacial score (nSPS) is 33.8. The molecule has 1 aromatic rings. The molecule has 2 heterocycles. The number of pyridine rings is 1. The minimum Gasteiger partial charge on any atom is -0.458 e. The quantitative estimate of drug-likeness (QED) is 0.538. The third kappa shape index (κ3) is 5.12. The first-order valence-corrected chi connectivity index (χ1v) is 12.7. The van der Waals surface area contributed by atoms with Crippen LogP contribution in [-0.4, -0.2) is 65.4 Å². The summed E-state index contributed by atoms with van der Waals surface area (Å²) in [6.45, 7) is 15.2. The van der Waals surface area contributed by atoms with Crippen molar-refractivity contribution in [2.45, 2.75) is 65.6 Å². The van der Waals surface area contributed by atoms with Crippen LogP contribution in [-0.2, 0) is 9.53 Å². The summed E-state index contributed by atoms with van der Waals surface area (Å²) < 4.78 is 5.55. The number of fused-ring (bicyclic) bond motifs is 1. The fourth-order valence-electron chi connectivity index (χ4n) is 6.41. The van der Waals surface area contributed by atoms with Gasteiger partial charge in [-0.15, -0.1) is 0 Å². The van der Waals surface area contributed by atoms with Crippen molar-refractivity contribution in [2.75, 3.05) is 37.6 Å². The van der Waals surface area contributed by atoms with Gasteiger partial charge in [-0.25, -0.2) is 4.98 Å². The molecule has 2 fully saturated rings. The second kappa shape index (κ2) is 9.75. The second-order valence-electron chi connectivity index (χ2n) is 10.8. The maximum Gasteiger partial charge on any atom is 0.303 e. The van der Waals surface area contributed by atoms with Crippen LogP contribution in [0.4, 0.5) is 5.82 Å². The van der Waals surface area contributed by atoms with Gasteiger partial charge >= 0.3 is 5.97 Å². The van der Waals surface area contributed by atoms with Crippen LogP contribution in [0.2, 0.25) is 0 Å². The number of aliphatic hydroxyl groups is 1. The summed E-state index contributed by atoms with van der Waals surface area (Å²) >= 11 is 0. The Morgan fingerprint density at radius 1 is 1.24 bits per heavy atom. The van der Waals surface area contributed by atoms with Crippen LogP contribution < -0.4 is 4.90 Å². The highest BCUT2D eigenvalue weighted by molar-refractivity contribution is 5.66. The molecule has 1 N–H and O–H groups in total. The number of piperazine rings is 1. The van der Waals surface area contributed by atoms with Crippen LogP contribution in [0.5, 0.6) is 0 Å². The summed E-state index contributed by atoms with van der Waals surface area (Å²) in [5.74, 6) is 2.07. The Kier molecular flexibility index (Phi) is 7.15. The molecule has 182 valence electrons. The van der Waals surface area contributed by atoms with Crippen molar-refractivity contribution < 1.29 is 14.6 Å². The number of carbonyl (C=O) groups excluding carboxylic acids is 1. The zero-order valence-corrected chi connectivity index (χ0v) is 21.0. The molecule has 1 aromatic heterocycles. The van der Waals surface area contributed by atoms with E-state index < -0.39 is 5.60 Å². The van der Waals surface area contributed by atoms with Crippen LogP contribution >= 0.6 is 0 Å². The Balaban J connectivity index is 1.40. The van der Waals surface area contributed by atoms with E-state index in [0.29, 0.717) is 18.3 Å². The lowest BCUT2D eigenvalue weighted by Crippen LogP contribution is -2.56. The zero-order valence-electron chi connectivity index (χ0n) is 21.0. The van der Waals surface area contributed by atoms with Crippen LogP contribution in [0.3, 0.4) is 0 Å². The van der Waals surface area contributed by atoms with Crippen molar-refractivity contribution in [1.29, 1.82) is 0 Å². The lowest BCUT2D eigenvalue weighted by molar-refractivity contribution is -0.159. The van der Waals surface area contributed by atoms with E-state index in [1.807, 2.05) is 19.9 Å². The smallest absolute Gasteiger partial charge is 0.303 e. The first-order valence-electron chi connectivity index (χ1n) is 12.7. The molecule has 6 heteroatoms. The van der Waals surface area contributed by atoms with Crippen molar-refractivity contribution >= 4 is 11.8 Å². The molecule has 1 saturated heterocycles. The molecule has 0 spiro atoms. The van der Waals surface area contributed by atoms with Gasteiger partial charge in [-0.05, 0) is 62.1 Å². The standard InChI is InChI=1S/C27H41N3O3/c1-18-15-24-23(10-9-20(3)27(24,32)16-25(18)33-22(5)31)19(2)17-29-11-13-30(14-12-29)26-8-6-7-21(4)28-26/h6-8,15,19-20,23-25,32H,9-14,16-17H2,1-5H3/t19-,20-,23+,24-,25-,27-/m1/s1. The average molecular weight is 456 g/mol. The minimum atomic E-state index is -0.799. The molecule has 2 aliphatic carbocycles. The van der Waals surface area contributed by atoms with Crippen molar-refractivity contribution in [3.63, 3.8) is 0 Å². The molecule has 0 bridgehead atoms.